The summed E-state index contributed by atoms with van der Waals surface area (Å²) in [6.07, 6.45) is -1.41. The predicted molar refractivity (Wildman–Crippen MR) is 63.5 cm³/mol. The van der Waals surface area contributed by atoms with Crippen molar-refractivity contribution in [3.8, 4) is 0 Å². The van der Waals surface area contributed by atoms with E-state index < -0.39 is 24.8 Å². The van der Waals surface area contributed by atoms with Gasteiger partial charge in [-0.25, -0.2) is 9.59 Å². The Hall–Kier alpha value is -1.92. The Kier molecular flexibility index (Phi) is 8.15. The molecule has 0 N–H and O–H groups in total. The van der Waals surface area contributed by atoms with Gasteiger partial charge in [0, 0.05) is 12.8 Å². The van der Waals surface area contributed by atoms with Crippen molar-refractivity contribution in [2.24, 2.45) is 0 Å². The zero-order chi connectivity index (χ0) is 14.8. The molecule has 0 fully saturated rings. The largest absolute Gasteiger partial charge is 0.508 e. The molecule has 0 spiro atoms. The normalized spacial score (nSPS) is 11.3. The Bertz CT molecular complexity index is 348. The smallest absolute Gasteiger partial charge is 0.460 e. The first-order valence-corrected chi connectivity index (χ1v) is 5.79. The van der Waals surface area contributed by atoms with Crippen LogP contribution in [0.3, 0.4) is 0 Å². The van der Waals surface area contributed by atoms with Gasteiger partial charge in [0.1, 0.15) is 24.3 Å². The molecule has 108 valence electrons. The van der Waals surface area contributed by atoms with Crippen LogP contribution in [0.1, 0.15) is 33.6 Å². The van der Waals surface area contributed by atoms with Crippen LogP contribution < -0.4 is 0 Å². The second-order valence-electron chi connectivity index (χ2n) is 4.05. The van der Waals surface area contributed by atoms with Crippen LogP contribution in [0, 0.1) is 0 Å². The summed E-state index contributed by atoms with van der Waals surface area (Å²) in [5.41, 5.74) is 0. The van der Waals surface area contributed by atoms with Gasteiger partial charge in [0.2, 0.25) is 0 Å². The molecular weight excluding hydrogens is 256 g/mol. The van der Waals surface area contributed by atoms with Crippen molar-refractivity contribution < 1.29 is 33.4 Å². The number of rotatable bonds is 8. The molecule has 0 aromatic heterocycles. The number of esters is 1. The molecule has 7 nitrogen and oxygen atoms in total. The molecule has 0 aliphatic carbocycles. The number of ether oxygens (including phenoxy) is 3. The first kappa shape index (κ1) is 17.1. The second kappa shape index (κ2) is 9.07. The Morgan fingerprint density at radius 1 is 1.00 bits per heavy atom. The molecule has 19 heavy (non-hydrogen) atoms. The minimum absolute atomic E-state index is 0.0925. The molecule has 0 heterocycles. The average Bonchev–Trinajstić information content (AvgIpc) is 2.24. The van der Waals surface area contributed by atoms with E-state index in [-0.39, 0.29) is 31.0 Å². The van der Waals surface area contributed by atoms with Gasteiger partial charge in [0.05, 0.1) is 0 Å². The molecule has 0 aliphatic rings. The Balaban J connectivity index is 3.74. The van der Waals surface area contributed by atoms with E-state index in [9.17, 15) is 19.2 Å². The maximum atomic E-state index is 11.2. The third-order valence-electron chi connectivity index (χ3n) is 1.89. The third kappa shape index (κ3) is 10.9. The molecule has 1 unspecified atom stereocenters. The minimum Gasteiger partial charge on any atom is -0.460 e. The summed E-state index contributed by atoms with van der Waals surface area (Å²) in [5.74, 6) is -0.993. The lowest BCUT2D eigenvalue weighted by Crippen LogP contribution is -2.23. The van der Waals surface area contributed by atoms with Crippen molar-refractivity contribution in [1.82, 2.24) is 0 Å². The van der Waals surface area contributed by atoms with Crippen LogP contribution in [0.5, 0.6) is 0 Å². The van der Waals surface area contributed by atoms with Gasteiger partial charge in [-0.3, -0.25) is 9.59 Å². The molecule has 1 atom stereocenters. The van der Waals surface area contributed by atoms with Crippen LogP contribution in [-0.4, -0.2) is 43.0 Å². The van der Waals surface area contributed by atoms with E-state index in [1.807, 2.05) is 0 Å². The lowest BCUT2D eigenvalue weighted by molar-refractivity contribution is -0.153. The molecule has 7 heteroatoms. The highest BCUT2D eigenvalue weighted by atomic mass is 16.7. The van der Waals surface area contributed by atoms with E-state index in [0.717, 1.165) is 0 Å². The van der Waals surface area contributed by atoms with Crippen molar-refractivity contribution in [3.63, 3.8) is 0 Å². The fraction of sp³-hybridized carbons (Fsp3) is 0.667. The summed E-state index contributed by atoms with van der Waals surface area (Å²) >= 11 is 0. The molecule has 0 aromatic rings. The van der Waals surface area contributed by atoms with Gasteiger partial charge < -0.3 is 14.2 Å². The number of hydrogen-bond donors (Lipinski definition) is 0. The Morgan fingerprint density at radius 3 is 2.16 bits per heavy atom. The standard InChI is InChI=1S/C12H18O7/c1-8(13)4-5-17-12(16)18-7-11(15)19-10(3)6-9(2)14/h10H,4-7H2,1-3H3. The maximum Gasteiger partial charge on any atom is 0.508 e. The SMILES string of the molecule is CC(=O)CCOC(=O)OCC(=O)OC(C)CC(C)=O. The van der Waals surface area contributed by atoms with E-state index >= 15 is 0 Å². The molecule has 0 saturated carbocycles. The Morgan fingerprint density at radius 2 is 1.63 bits per heavy atom. The molecular formula is C12H18O7. The number of ketones is 2. The highest BCUT2D eigenvalue weighted by Gasteiger charge is 2.14. The van der Waals surface area contributed by atoms with Crippen LogP contribution in [0.2, 0.25) is 0 Å². The quantitative estimate of drug-likeness (QED) is 0.610. The van der Waals surface area contributed by atoms with Crippen molar-refractivity contribution in [3.05, 3.63) is 0 Å². The summed E-state index contributed by atoms with van der Waals surface area (Å²) in [4.78, 5) is 43.5. The summed E-state index contributed by atoms with van der Waals surface area (Å²) in [5, 5.41) is 0. The van der Waals surface area contributed by atoms with Gasteiger partial charge >= 0.3 is 12.1 Å². The van der Waals surface area contributed by atoms with Crippen LogP contribution in [0.25, 0.3) is 0 Å². The fourth-order valence-electron chi connectivity index (χ4n) is 1.14. The van der Waals surface area contributed by atoms with Gasteiger partial charge in [-0.05, 0) is 20.8 Å². The van der Waals surface area contributed by atoms with E-state index in [4.69, 9.17) is 4.74 Å². The fourth-order valence-corrected chi connectivity index (χ4v) is 1.14. The Labute approximate surface area is 111 Å². The van der Waals surface area contributed by atoms with Gasteiger partial charge in [-0.15, -0.1) is 0 Å². The molecule has 0 amide bonds. The molecule has 0 rings (SSSR count). The highest BCUT2D eigenvalue weighted by molar-refractivity contribution is 5.77. The van der Waals surface area contributed by atoms with Crippen molar-refractivity contribution in [1.29, 1.82) is 0 Å². The minimum atomic E-state index is -1.04. The van der Waals surface area contributed by atoms with Crippen LogP contribution in [0.15, 0.2) is 0 Å². The number of carbonyl (C=O) groups excluding carboxylic acids is 4. The van der Waals surface area contributed by atoms with Crippen LogP contribution >= 0.6 is 0 Å². The van der Waals surface area contributed by atoms with Crippen LogP contribution in [-0.2, 0) is 28.6 Å². The van der Waals surface area contributed by atoms with Crippen LogP contribution in [0.4, 0.5) is 4.79 Å². The lowest BCUT2D eigenvalue weighted by atomic mass is 10.2. The number of carbonyl (C=O) groups is 4. The molecule has 0 radical (unpaired) electrons. The third-order valence-corrected chi connectivity index (χ3v) is 1.89. The molecule has 0 saturated heterocycles. The zero-order valence-corrected chi connectivity index (χ0v) is 11.3. The highest BCUT2D eigenvalue weighted by Crippen LogP contribution is 1.99. The van der Waals surface area contributed by atoms with Gasteiger partial charge in [0.25, 0.3) is 0 Å². The number of hydrogen-bond acceptors (Lipinski definition) is 7. The maximum absolute atomic E-state index is 11.2. The summed E-state index contributed by atoms with van der Waals surface area (Å²) in [7, 11) is 0. The van der Waals surface area contributed by atoms with Crippen molar-refractivity contribution in [2.75, 3.05) is 13.2 Å². The molecule has 0 bridgehead atoms. The van der Waals surface area contributed by atoms with E-state index in [1.54, 1.807) is 6.92 Å². The number of Topliss-reactive ketones (excluding diaryl/α,β-unsaturated/α-hetero) is 2. The zero-order valence-electron chi connectivity index (χ0n) is 11.3. The van der Waals surface area contributed by atoms with Crippen molar-refractivity contribution in [2.45, 2.75) is 39.7 Å². The van der Waals surface area contributed by atoms with Crippen molar-refractivity contribution >= 4 is 23.7 Å². The average molecular weight is 274 g/mol. The monoisotopic (exact) mass is 274 g/mol. The summed E-state index contributed by atoms with van der Waals surface area (Å²) < 4.78 is 13.8. The van der Waals surface area contributed by atoms with Gasteiger partial charge in [-0.1, -0.05) is 0 Å². The van der Waals surface area contributed by atoms with E-state index in [1.165, 1.54) is 13.8 Å². The first-order valence-electron chi connectivity index (χ1n) is 5.79. The second-order valence-corrected chi connectivity index (χ2v) is 4.05. The molecule has 0 aliphatic heterocycles. The predicted octanol–water partition coefficient (Wildman–Crippen LogP) is 1.03. The lowest BCUT2D eigenvalue weighted by Gasteiger charge is -2.11. The first-order chi connectivity index (χ1) is 8.81. The van der Waals surface area contributed by atoms with Gasteiger partial charge in [0.15, 0.2) is 6.61 Å². The van der Waals surface area contributed by atoms with Gasteiger partial charge in [-0.2, -0.15) is 0 Å². The van der Waals surface area contributed by atoms with E-state index in [2.05, 4.69) is 9.47 Å². The van der Waals surface area contributed by atoms with E-state index in [0.29, 0.717) is 0 Å². The summed E-state index contributed by atoms with van der Waals surface area (Å²) in [6, 6.07) is 0. The summed E-state index contributed by atoms with van der Waals surface area (Å²) in [6.45, 7) is 3.62. The molecule has 0 aromatic carbocycles. The topological polar surface area (TPSA) is 96.0 Å².